The van der Waals surface area contributed by atoms with Gasteiger partial charge in [-0.1, -0.05) is 12.1 Å². The Labute approximate surface area is 138 Å². The van der Waals surface area contributed by atoms with Crippen molar-refractivity contribution in [3.8, 4) is 6.07 Å². The van der Waals surface area contributed by atoms with E-state index in [0.29, 0.717) is 6.54 Å². The first-order chi connectivity index (χ1) is 11.5. The van der Waals surface area contributed by atoms with Gasteiger partial charge in [0.05, 0.1) is 0 Å². The average molecular weight is 326 g/mol. The Balaban J connectivity index is 2.17. The third kappa shape index (κ3) is 3.79. The quantitative estimate of drug-likeness (QED) is 0.891. The van der Waals surface area contributed by atoms with Crippen molar-refractivity contribution in [2.45, 2.75) is 26.8 Å². The SMILES string of the molecule is CCN(C(=O)CCn1cc(C#N)c(=O)[nH]c1=O)c1cccc(C)c1. The minimum atomic E-state index is -0.722. The van der Waals surface area contributed by atoms with Crippen molar-refractivity contribution in [2.24, 2.45) is 0 Å². The summed E-state index contributed by atoms with van der Waals surface area (Å²) in [6, 6.07) is 9.32. The van der Waals surface area contributed by atoms with Crippen molar-refractivity contribution in [2.75, 3.05) is 11.4 Å². The van der Waals surface area contributed by atoms with Crippen LogP contribution in [0, 0.1) is 18.3 Å². The van der Waals surface area contributed by atoms with Gasteiger partial charge in [-0.2, -0.15) is 5.26 Å². The number of benzene rings is 1. The van der Waals surface area contributed by atoms with Crippen LogP contribution in [-0.2, 0) is 11.3 Å². The van der Waals surface area contributed by atoms with Crippen LogP contribution < -0.4 is 16.1 Å². The fourth-order valence-electron chi connectivity index (χ4n) is 2.40. The molecule has 7 nitrogen and oxygen atoms in total. The third-order valence-corrected chi connectivity index (χ3v) is 3.63. The van der Waals surface area contributed by atoms with Crippen LogP contribution in [0.4, 0.5) is 5.69 Å². The smallest absolute Gasteiger partial charge is 0.313 e. The summed E-state index contributed by atoms with van der Waals surface area (Å²) in [5.74, 6) is -0.139. The van der Waals surface area contributed by atoms with Gasteiger partial charge >= 0.3 is 5.69 Å². The molecule has 0 fully saturated rings. The van der Waals surface area contributed by atoms with Crippen LogP contribution in [0.15, 0.2) is 40.1 Å². The van der Waals surface area contributed by atoms with E-state index in [1.807, 2.05) is 38.1 Å². The van der Waals surface area contributed by atoms with Gasteiger partial charge < -0.3 is 4.90 Å². The molecule has 7 heteroatoms. The summed E-state index contributed by atoms with van der Waals surface area (Å²) in [5.41, 5.74) is 0.335. The minimum absolute atomic E-state index is 0.0819. The second-order valence-electron chi connectivity index (χ2n) is 5.33. The molecule has 0 bridgehead atoms. The van der Waals surface area contributed by atoms with Crippen LogP contribution in [0.5, 0.6) is 0 Å². The topological polar surface area (TPSA) is 99.0 Å². The summed E-state index contributed by atoms with van der Waals surface area (Å²) >= 11 is 0. The number of rotatable bonds is 5. The maximum atomic E-state index is 12.5. The van der Waals surface area contributed by atoms with Gasteiger partial charge in [0, 0.05) is 31.4 Å². The van der Waals surface area contributed by atoms with Crippen LogP contribution in [0.1, 0.15) is 24.5 Å². The number of nitriles is 1. The zero-order chi connectivity index (χ0) is 17.7. The monoisotopic (exact) mass is 326 g/mol. The van der Waals surface area contributed by atoms with Crippen LogP contribution in [0.3, 0.4) is 0 Å². The first kappa shape index (κ1) is 17.2. The molecule has 124 valence electrons. The summed E-state index contributed by atoms with van der Waals surface area (Å²) in [6.45, 7) is 4.42. The lowest BCUT2D eigenvalue weighted by atomic mass is 10.2. The number of carbonyl (C=O) groups excluding carboxylic acids is 1. The summed E-state index contributed by atoms with van der Waals surface area (Å²) in [7, 11) is 0. The van der Waals surface area contributed by atoms with E-state index in [4.69, 9.17) is 5.26 Å². The number of amides is 1. The highest BCUT2D eigenvalue weighted by molar-refractivity contribution is 5.93. The van der Waals surface area contributed by atoms with Crippen LogP contribution in [0.2, 0.25) is 0 Å². The number of aromatic amines is 1. The van der Waals surface area contributed by atoms with E-state index in [9.17, 15) is 14.4 Å². The molecule has 0 unspecified atom stereocenters. The van der Waals surface area contributed by atoms with Crippen LogP contribution in [-0.4, -0.2) is 22.0 Å². The van der Waals surface area contributed by atoms with Crippen molar-refractivity contribution in [1.29, 1.82) is 5.26 Å². The van der Waals surface area contributed by atoms with Crippen LogP contribution >= 0.6 is 0 Å². The highest BCUT2D eigenvalue weighted by Gasteiger charge is 2.14. The fourth-order valence-corrected chi connectivity index (χ4v) is 2.40. The molecule has 1 aromatic heterocycles. The first-order valence-corrected chi connectivity index (χ1v) is 7.57. The Morgan fingerprint density at radius 1 is 1.38 bits per heavy atom. The number of carbonyl (C=O) groups is 1. The Bertz CT molecular complexity index is 905. The molecule has 0 aliphatic carbocycles. The Morgan fingerprint density at radius 3 is 2.75 bits per heavy atom. The van der Waals surface area contributed by atoms with Crippen molar-refractivity contribution in [3.05, 3.63) is 62.4 Å². The van der Waals surface area contributed by atoms with Gasteiger partial charge in [0.1, 0.15) is 11.6 Å². The molecule has 1 aromatic carbocycles. The summed E-state index contributed by atoms with van der Waals surface area (Å²) in [4.78, 5) is 39.3. The van der Waals surface area contributed by atoms with Gasteiger partial charge in [-0.25, -0.2) is 4.79 Å². The van der Waals surface area contributed by atoms with E-state index in [0.717, 1.165) is 11.3 Å². The Morgan fingerprint density at radius 2 is 2.12 bits per heavy atom. The molecule has 0 saturated heterocycles. The average Bonchev–Trinajstić information content (AvgIpc) is 2.55. The Kier molecular flexibility index (Phi) is 5.32. The first-order valence-electron chi connectivity index (χ1n) is 7.57. The molecule has 2 aromatic rings. The molecule has 2 rings (SSSR count). The van der Waals surface area contributed by atoms with Gasteiger partial charge in [-0.3, -0.25) is 19.1 Å². The molecule has 0 spiro atoms. The zero-order valence-electron chi connectivity index (χ0n) is 13.6. The predicted molar refractivity (Wildman–Crippen MR) is 89.9 cm³/mol. The number of hydrogen-bond donors (Lipinski definition) is 1. The molecular weight excluding hydrogens is 308 g/mol. The van der Waals surface area contributed by atoms with Crippen molar-refractivity contribution in [1.82, 2.24) is 9.55 Å². The van der Waals surface area contributed by atoms with Crippen molar-refractivity contribution >= 4 is 11.6 Å². The number of nitrogens with zero attached hydrogens (tertiary/aromatic N) is 3. The van der Waals surface area contributed by atoms with Crippen molar-refractivity contribution < 1.29 is 4.79 Å². The maximum absolute atomic E-state index is 12.5. The highest BCUT2D eigenvalue weighted by atomic mass is 16.2. The molecule has 1 N–H and O–H groups in total. The predicted octanol–water partition coefficient (Wildman–Crippen LogP) is 1.16. The largest absolute Gasteiger partial charge is 0.328 e. The van der Waals surface area contributed by atoms with Crippen LogP contribution in [0.25, 0.3) is 0 Å². The van der Waals surface area contributed by atoms with E-state index in [1.165, 1.54) is 10.8 Å². The molecule has 0 atom stereocenters. The number of aryl methyl sites for hydroxylation is 2. The van der Waals surface area contributed by atoms with Gasteiger partial charge in [0.2, 0.25) is 5.91 Å². The molecule has 1 amide bonds. The molecule has 0 radical (unpaired) electrons. The number of nitrogens with one attached hydrogen (secondary N) is 1. The van der Waals surface area contributed by atoms with Crippen molar-refractivity contribution in [3.63, 3.8) is 0 Å². The molecule has 1 heterocycles. The van der Waals surface area contributed by atoms with Gasteiger partial charge in [-0.05, 0) is 31.5 Å². The molecular formula is C17H18N4O3. The van der Waals surface area contributed by atoms with E-state index >= 15 is 0 Å². The van der Waals surface area contributed by atoms with E-state index in [2.05, 4.69) is 4.98 Å². The lowest BCUT2D eigenvalue weighted by Gasteiger charge is -2.21. The number of aromatic nitrogens is 2. The number of anilines is 1. The lowest BCUT2D eigenvalue weighted by Crippen LogP contribution is -2.35. The van der Waals surface area contributed by atoms with E-state index in [-0.39, 0.29) is 24.4 Å². The number of hydrogen-bond acceptors (Lipinski definition) is 4. The second-order valence-corrected chi connectivity index (χ2v) is 5.33. The summed E-state index contributed by atoms with van der Waals surface area (Å²) < 4.78 is 1.17. The van der Waals surface area contributed by atoms with E-state index in [1.54, 1.807) is 11.0 Å². The molecule has 0 saturated carbocycles. The molecule has 0 aliphatic rings. The summed E-state index contributed by atoms with van der Waals surface area (Å²) in [6.07, 6.45) is 1.26. The molecule has 0 aliphatic heterocycles. The van der Waals surface area contributed by atoms with Gasteiger partial charge in [0.25, 0.3) is 5.56 Å². The zero-order valence-corrected chi connectivity index (χ0v) is 13.6. The molecule has 24 heavy (non-hydrogen) atoms. The Hall–Kier alpha value is -3.14. The standard InChI is InChI=1S/C17H18N4O3/c1-3-21(14-6-4-5-12(2)9-14)15(22)7-8-20-11-13(10-18)16(23)19-17(20)24/h4-6,9,11H,3,7-8H2,1-2H3,(H,19,23,24). The maximum Gasteiger partial charge on any atom is 0.328 e. The van der Waals surface area contributed by atoms with E-state index < -0.39 is 11.2 Å². The highest BCUT2D eigenvalue weighted by Crippen LogP contribution is 2.16. The van der Waals surface area contributed by atoms with Gasteiger partial charge in [-0.15, -0.1) is 0 Å². The lowest BCUT2D eigenvalue weighted by molar-refractivity contribution is -0.118. The third-order valence-electron chi connectivity index (χ3n) is 3.63. The fraction of sp³-hybridized carbons (Fsp3) is 0.294. The number of H-pyrrole nitrogens is 1. The normalized spacial score (nSPS) is 10.2. The second kappa shape index (κ2) is 7.42. The minimum Gasteiger partial charge on any atom is -0.313 e. The summed E-state index contributed by atoms with van der Waals surface area (Å²) in [5, 5.41) is 8.85. The van der Waals surface area contributed by atoms with Gasteiger partial charge in [0.15, 0.2) is 0 Å².